The van der Waals surface area contributed by atoms with Crippen LogP contribution < -0.4 is 5.73 Å². The van der Waals surface area contributed by atoms with E-state index in [1.165, 1.54) is 6.26 Å². The Hall–Kier alpha value is -2.86. The van der Waals surface area contributed by atoms with Gasteiger partial charge < -0.3 is 19.6 Å². The number of furan rings is 1. The number of ether oxygens (including phenoxy) is 2. The van der Waals surface area contributed by atoms with Crippen molar-refractivity contribution in [3.8, 4) is 0 Å². The molecular weight excluding hydrogens is 334 g/mol. The third-order valence-corrected chi connectivity index (χ3v) is 4.39. The Morgan fingerprint density at radius 1 is 1.19 bits per heavy atom. The van der Waals surface area contributed by atoms with Gasteiger partial charge in [0.15, 0.2) is 11.9 Å². The fourth-order valence-electron chi connectivity index (χ4n) is 3.14. The molecule has 0 amide bonds. The van der Waals surface area contributed by atoms with E-state index in [0.29, 0.717) is 17.9 Å². The Bertz CT molecular complexity index is 820. The predicted molar refractivity (Wildman–Crippen MR) is 94.3 cm³/mol. The minimum absolute atomic E-state index is 0.191. The fourth-order valence-corrected chi connectivity index (χ4v) is 3.14. The van der Waals surface area contributed by atoms with E-state index < -0.39 is 18.0 Å². The minimum Gasteiger partial charge on any atom is -0.485 e. The van der Waals surface area contributed by atoms with Crippen LogP contribution >= 0.6 is 0 Å². The molecule has 2 N–H and O–H groups in total. The van der Waals surface area contributed by atoms with Crippen molar-refractivity contribution >= 4 is 11.8 Å². The minimum atomic E-state index is -0.885. The molecule has 6 heteroatoms. The second-order valence-electron chi connectivity index (χ2n) is 5.99. The maximum atomic E-state index is 12.9. The molecule has 1 aromatic carbocycles. The molecule has 136 valence electrons. The summed E-state index contributed by atoms with van der Waals surface area (Å²) in [5, 5.41) is 0. The van der Waals surface area contributed by atoms with Crippen molar-refractivity contribution in [2.45, 2.75) is 32.4 Å². The van der Waals surface area contributed by atoms with E-state index in [9.17, 15) is 9.59 Å². The summed E-state index contributed by atoms with van der Waals surface area (Å²) in [6.07, 6.45) is 0.545. The zero-order chi connectivity index (χ0) is 18.7. The first kappa shape index (κ1) is 17.9. The standard InChI is InChI=1S/C20H21NO5/c1-3-24-20(23)16-12(2)26-19(18(22)15-5-4-10-25-15)17(16)14-8-6-13(11-21)7-9-14/h4-10,17,19H,3,11,21H2,1-2H3. The van der Waals surface area contributed by atoms with E-state index in [1.54, 1.807) is 26.0 Å². The first-order valence-corrected chi connectivity index (χ1v) is 8.48. The average Bonchev–Trinajstić information content (AvgIpc) is 3.29. The molecule has 3 rings (SSSR count). The van der Waals surface area contributed by atoms with Gasteiger partial charge >= 0.3 is 5.97 Å². The number of carbonyl (C=O) groups is 2. The Morgan fingerprint density at radius 2 is 1.92 bits per heavy atom. The van der Waals surface area contributed by atoms with Crippen LogP contribution in [0.2, 0.25) is 0 Å². The lowest BCUT2D eigenvalue weighted by Crippen LogP contribution is -2.29. The van der Waals surface area contributed by atoms with Gasteiger partial charge in [0.2, 0.25) is 5.78 Å². The van der Waals surface area contributed by atoms with Gasteiger partial charge in [-0.05, 0) is 37.1 Å². The molecule has 1 aliphatic rings. The number of esters is 1. The lowest BCUT2D eigenvalue weighted by atomic mass is 9.85. The summed E-state index contributed by atoms with van der Waals surface area (Å²) in [5.41, 5.74) is 7.76. The van der Waals surface area contributed by atoms with E-state index in [2.05, 4.69) is 0 Å². The van der Waals surface area contributed by atoms with Gasteiger partial charge in [0.25, 0.3) is 0 Å². The summed E-state index contributed by atoms with van der Waals surface area (Å²) in [5.74, 6) is -0.787. The topological polar surface area (TPSA) is 91.8 Å². The van der Waals surface area contributed by atoms with Gasteiger partial charge in [0.05, 0.1) is 24.4 Å². The highest BCUT2D eigenvalue weighted by atomic mass is 16.5. The lowest BCUT2D eigenvalue weighted by Gasteiger charge is -2.20. The highest BCUT2D eigenvalue weighted by Crippen LogP contribution is 2.41. The number of hydrogen-bond acceptors (Lipinski definition) is 6. The Morgan fingerprint density at radius 3 is 2.50 bits per heavy atom. The van der Waals surface area contributed by atoms with E-state index in [0.717, 1.165) is 11.1 Å². The quantitative estimate of drug-likeness (QED) is 0.633. The summed E-state index contributed by atoms with van der Waals surface area (Å²) in [6.45, 7) is 4.06. The van der Waals surface area contributed by atoms with E-state index >= 15 is 0 Å². The molecule has 1 aliphatic heterocycles. The highest BCUT2D eigenvalue weighted by Gasteiger charge is 2.45. The van der Waals surface area contributed by atoms with Crippen LogP contribution in [-0.4, -0.2) is 24.5 Å². The summed E-state index contributed by atoms with van der Waals surface area (Å²) in [7, 11) is 0. The molecule has 0 fully saturated rings. The van der Waals surface area contributed by atoms with Crippen molar-refractivity contribution in [1.82, 2.24) is 0 Å². The first-order chi connectivity index (χ1) is 12.6. The second kappa shape index (κ2) is 7.58. The molecule has 2 atom stereocenters. The van der Waals surface area contributed by atoms with Crippen molar-refractivity contribution in [3.05, 3.63) is 70.9 Å². The van der Waals surface area contributed by atoms with Crippen molar-refractivity contribution < 1.29 is 23.5 Å². The molecule has 0 bridgehead atoms. The van der Waals surface area contributed by atoms with Gasteiger partial charge in [-0.2, -0.15) is 0 Å². The zero-order valence-corrected chi connectivity index (χ0v) is 14.7. The maximum Gasteiger partial charge on any atom is 0.338 e. The average molecular weight is 355 g/mol. The Balaban J connectivity index is 2.02. The van der Waals surface area contributed by atoms with Crippen molar-refractivity contribution in [2.75, 3.05) is 6.61 Å². The molecule has 0 aliphatic carbocycles. The monoisotopic (exact) mass is 355 g/mol. The first-order valence-electron chi connectivity index (χ1n) is 8.48. The molecular formula is C20H21NO5. The molecule has 1 aromatic heterocycles. The largest absolute Gasteiger partial charge is 0.485 e. The predicted octanol–water partition coefficient (Wildman–Crippen LogP) is 2.94. The normalized spacial score (nSPS) is 19.3. The number of allylic oxidation sites excluding steroid dienone is 1. The molecule has 2 heterocycles. The number of carbonyl (C=O) groups excluding carboxylic acids is 2. The van der Waals surface area contributed by atoms with E-state index in [-0.39, 0.29) is 18.2 Å². The highest BCUT2D eigenvalue weighted by molar-refractivity contribution is 6.01. The molecule has 0 spiro atoms. The number of benzene rings is 1. The van der Waals surface area contributed by atoms with Crippen LogP contribution in [-0.2, 0) is 20.8 Å². The van der Waals surface area contributed by atoms with Crippen LogP contribution in [0, 0.1) is 0 Å². The summed E-state index contributed by atoms with van der Waals surface area (Å²) < 4.78 is 16.2. The van der Waals surface area contributed by atoms with Crippen LogP contribution in [0.1, 0.15) is 41.4 Å². The molecule has 2 aromatic rings. The van der Waals surface area contributed by atoms with Gasteiger partial charge in [-0.1, -0.05) is 24.3 Å². The lowest BCUT2D eigenvalue weighted by molar-refractivity contribution is -0.138. The maximum absolute atomic E-state index is 12.9. The van der Waals surface area contributed by atoms with Crippen molar-refractivity contribution in [3.63, 3.8) is 0 Å². The Labute approximate surface area is 151 Å². The summed E-state index contributed by atoms with van der Waals surface area (Å²) in [6, 6.07) is 10.7. The third-order valence-electron chi connectivity index (χ3n) is 4.39. The van der Waals surface area contributed by atoms with Gasteiger partial charge in [-0.25, -0.2) is 4.79 Å². The smallest absolute Gasteiger partial charge is 0.338 e. The fraction of sp³-hybridized carbons (Fsp3) is 0.300. The van der Waals surface area contributed by atoms with Crippen LogP contribution in [0.4, 0.5) is 0 Å². The number of nitrogens with two attached hydrogens (primary N) is 1. The molecule has 2 unspecified atom stereocenters. The van der Waals surface area contributed by atoms with Gasteiger partial charge in [0, 0.05) is 6.54 Å². The molecule has 6 nitrogen and oxygen atoms in total. The molecule has 0 saturated heterocycles. The number of rotatable bonds is 6. The van der Waals surface area contributed by atoms with Gasteiger partial charge in [-0.15, -0.1) is 0 Å². The molecule has 26 heavy (non-hydrogen) atoms. The Kier molecular flexibility index (Phi) is 5.23. The van der Waals surface area contributed by atoms with E-state index in [1.807, 2.05) is 24.3 Å². The third kappa shape index (κ3) is 3.28. The number of Topliss-reactive ketones (excluding diaryl/α,β-unsaturated/α-hetero) is 1. The summed E-state index contributed by atoms with van der Waals surface area (Å²) >= 11 is 0. The molecule has 0 saturated carbocycles. The molecule has 0 radical (unpaired) electrons. The van der Waals surface area contributed by atoms with Crippen LogP contribution in [0.3, 0.4) is 0 Å². The van der Waals surface area contributed by atoms with Crippen LogP contribution in [0.25, 0.3) is 0 Å². The van der Waals surface area contributed by atoms with Crippen molar-refractivity contribution in [1.29, 1.82) is 0 Å². The number of hydrogen-bond donors (Lipinski definition) is 1. The SMILES string of the molecule is CCOC(=O)C1=C(C)OC(C(=O)c2ccco2)C1c1ccc(CN)cc1. The van der Waals surface area contributed by atoms with E-state index in [4.69, 9.17) is 19.6 Å². The second-order valence-corrected chi connectivity index (χ2v) is 5.99. The number of ketones is 1. The van der Waals surface area contributed by atoms with Gasteiger partial charge in [-0.3, -0.25) is 4.79 Å². The van der Waals surface area contributed by atoms with Crippen LogP contribution in [0.5, 0.6) is 0 Å². The van der Waals surface area contributed by atoms with Gasteiger partial charge in [0.1, 0.15) is 5.76 Å². The van der Waals surface area contributed by atoms with Crippen molar-refractivity contribution in [2.24, 2.45) is 5.73 Å². The zero-order valence-electron chi connectivity index (χ0n) is 14.7. The van der Waals surface area contributed by atoms with Crippen LogP contribution in [0.15, 0.2) is 58.4 Å². The summed E-state index contributed by atoms with van der Waals surface area (Å²) in [4.78, 5) is 25.4.